The first kappa shape index (κ1) is 15.5. The molecule has 0 radical (unpaired) electrons. The summed E-state index contributed by atoms with van der Waals surface area (Å²) in [7, 11) is 0. The molecule has 0 saturated heterocycles. The lowest BCUT2D eigenvalue weighted by molar-refractivity contribution is 0.114. The van der Waals surface area contributed by atoms with E-state index in [1.54, 1.807) is 11.8 Å². The molecule has 1 aromatic rings. The number of rotatable bonds is 7. The van der Waals surface area contributed by atoms with Crippen LogP contribution in [0.5, 0.6) is 0 Å². The average molecular weight is 301 g/mol. The van der Waals surface area contributed by atoms with Gasteiger partial charge in [-0.2, -0.15) is 11.8 Å². The summed E-state index contributed by atoms with van der Waals surface area (Å²) < 4.78 is 0. The predicted molar refractivity (Wildman–Crippen MR) is 82.5 cm³/mol. The Morgan fingerprint density at radius 1 is 1.47 bits per heavy atom. The first-order chi connectivity index (χ1) is 9.13. The van der Waals surface area contributed by atoms with Crippen LogP contribution in [0.3, 0.4) is 0 Å². The first-order valence-corrected chi connectivity index (χ1v) is 7.20. The normalized spacial score (nSPS) is 10.9. The number of halogens is 1. The van der Waals surface area contributed by atoms with Gasteiger partial charge >= 0.3 is 0 Å². The van der Waals surface area contributed by atoms with Crippen molar-refractivity contribution in [1.82, 2.24) is 5.59 Å². The number of hydrogen-bond acceptors (Lipinski definition) is 4. The third-order valence-corrected chi connectivity index (χ3v) is 3.26. The Bertz CT molecular complexity index is 461. The predicted octanol–water partition coefficient (Wildman–Crippen LogP) is 2.14. The van der Waals surface area contributed by atoms with Crippen LogP contribution in [0.1, 0.15) is 12.5 Å². The van der Waals surface area contributed by atoms with E-state index in [4.69, 9.17) is 27.9 Å². The molecule has 0 unspecified atom stereocenters. The minimum absolute atomic E-state index is 0.0970. The third kappa shape index (κ3) is 6.26. The van der Waals surface area contributed by atoms with Gasteiger partial charge in [0.2, 0.25) is 5.96 Å². The van der Waals surface area contributed by atoms with Gasteiger partial charge in [-0.1, -0.05) is 36.7 Å². The summed E-state index contributed by atoms with van der Waals surface area (Å²) in [5.41, 5.74) is 13.6. The summed E-state index contributed by atoms with van der Waals surface area (Å²) in [5.74, 6) is 2.26. The van der Waals surface area contributed by atoms with E-state index in [1.165, 1.54) is 0 Å². The molecule has 1 aromatic carbocycles. The zero-order valence-corrected chi connectivity index (χ0v) is 12.2. The topological polar surface area (TPSA) is 85.7 Å². The summed E-state index contributed by atoms with van der Waals surface area (Å²) in [4.78, 5) is 5.30. The van der Waals surface area contributed by atoms with Crippen LogP contribution >= 0.6 is 23.4 Å². The molecule has 0 aromatic heterocycles. The molecule has 1 rings (SSSR count). The zero-order valence-electron chi connectivity index (χ0n) is 10.6. The van der Waals surface area contributed by atoms with Crippen LogP contribution in [0.4, 0.5) is 0 Å². The summed E-state index contributed by atoms with van der Waals surface area (Å²) in [6.45, 7) is 2.07. The second-order valence-corrected chi connectivity index (χ2v) is 5.18. The highest BCUT2D eigenvalue weighted by molar-refractivity contribution is 7.99. The molecular weight excluding hydrogens is 284 g/mol. The Kier molecular flexibility index (Phi) is 6.99. The minimum atomic E-state index is -0.0970. The van der Waals surface area contributed by atoms with E-state index in [-0.39, 0.29) is 5.96 Å². The number of hydrogen-bond donors (Lipinski definition) is 3. The molecule has 5 N–H and O–H groups in total. The largest absolute Gasteiger partial charge is 0.369 e. The second kappa shape index (κ2) is 8.55. The van der Waals surface area contributed by atoms with E-state index in [0.717, 1.165) is 11.3 Å². The van der Waals surface area contributed by atoms with Gasteiger partial charge in [0, 0.05) is 5.02 Å². The summed E-state index contributed by atoms with van der Waals surface area (Å²) in [6, 6.07) is 7.51. The SMILES string of the molecule is CCSC/C(=C\c1ccccc1Cl)ONN=C(N)N. The van der Waals surface area contributed by atoms with Gasteiger partial charge in [-0.3, -0.25) is 0 Å². The van der Waals surface area contributed by atoms with E-state index in [1.807, 2.05) is 30.3 Å². The summed E-state index contributed by atoms with van der Waals surface area (Å²) in [5, 5.41) is 4.21. The van der Waals surface area contributed by atoms with Crippen LogP contribution in [-0.2, 0) is 4.84 Å². The molecular formula is C12H17ClN4OS. The van der Waals surface area contributed by atoms with Crippen LogP contribution in [0.25, 0.3) is 6.08 Å². The fourth-order valence-corrected chi connectivity index (χ4v) is 1.94. The van der Waals surface area contributed by atoms with Crippen LogP contribution in [-0.4, -0.2) is 17.5 Å². The average Bonchev–Trinajstić information content (AvgIpc) is 2.37. The quantitative estimate of drug-likeness (QED) is 0.311. The van der Waals surface area contributed by atoms with Crippen molar-refractivity contribution in [3.63, 3.8) is 0 Å². The molecule has 5 nitrogen and oxygen atoms in total. The molecule has 7 heteroatoms. The molecule has 0 atom stereocenters. The van der Waals surface area contributed by atoms with Crippen molar-refractivity contribution in [1.29, 1.82) is 0 Å². The van der Waals surface area contributed by atoms with Crippen LogP contribution in [0.15, 0.2) is 35.1 Å². The number of guanidine groups is 1. The number of benzene rings is 1. The molecule has 19 heavy (non-hydrogen) atoms. The van der Waals surface area contributed by atoms with Gasteiger partial charge in [-0.05, 0) is 23.5 Å². The molecule has 0 aliphatic carbocycles. The van der Waals surface area contributed by atoms with Gasteiger partial charge in [-0.15, -0.1) is 10.7 Å². The molecule has 0 fully saturated rings. The van der Waals surface area contributed by atoms with E-state index >= 15 is 0 Å². The first-order valence-electron chi connectivity index (χ1n) is 5.66. The molecule has 0 amide bonds. The lowest BCUT2D eigenvalue weighted by Crippen LogP contribution is -2.26. The highest BCUT2D eigenvalue weighted by Crippen LogP contribution is 2.20. The molecule has 0 spiro atoms. The smallest absolute Gasteiger partial charge is 0.211 e. The molecule has 0 aliphatic heterocycles. The van der Waals surface area contributed by atoms with E-state index in [2.05, 4.69) is 17.6 Å². The van der Waals surface area contributed by atoms with Crippen LogP contribution < -0.4 is 17.1 Å². The molecule has 0 aliphatic rings. The monoisotopic (exact) mass is 300 g/mol. The number of nitrogens with zero attached hydrogens (tertiary/aromatic N) is 1. The summed E-state index contributed by atoms with van der Waals surface area (Å²) in [6.07, 6.45) is 1.85. The van der Waals surface area contributed by atoms with Crippen LogP contribution in [0, 0.1) is 0 Å². The Labute approximate surface area is 122 Å². The Balaban J connectivity index is 2.77. The van der Waals surface area contributed by atoms with Crippen molar-refractivity contribution in [2.75, 3.05) is 11.5 Å². The van der Waals surface area contributed by atoms with Gasteiger partial charge in [0.05, 0.1) is 5.75 Å². The number of nitrogens with two attached hydrogens (primary N) is 2. The second-order valence-electron chi connectivity index (χ2n) is 3.50. The van der Waals surface area contributed by atoms with Gasteiger partial charge in [-0.25, -0.2) is 0 Å². The Morgan fingerprint density at radius 2 is 2.21 bits per heavy atom. The van der Waals surface area contributed by atoms with Gasteiger partial charge in [0.25, 0.3) is 0 Å². The van der Waals surface area contributed by atoms with Crippen molar-refractivity contribution in [2.24, 2.45) is 16.6 Å². The van der Waals surface area contributed by atoms with E-state index < -0.39 is 0 Å². The molecule has 0 heterocycles. The highest BCUT2D eigenvalue weighted by atomic mass is 35.5. The minimum Gasteiger partial charge on any atom is -0.369 e. The third-order valence-electron chi connectivity index (χ3n) is 2.02. The standard InChI is InChI=1S/C12H17ClN4OS/c1-2-19-8-10(18-17-16-12(14)15)7-9-5-3-4-6-11(9)13/h3-7,17H,2,8H2,1H3,(H4,14,15,16)/b10-7+. The Morgan fingerprint density at radius 3 is 2.84 bits per heavy atom. The van der Waals surface area contributed by atoms with Gasteiger partial charge < -0.3 is 16.3 Å². The lowest BCUT2D eigenvalue weighted by atomic mass is 10.2. The van der Waals surface area contributed by atoms with Crippen molar-refractivity contribution >= 4 is 35.4 Å². The maximum atomic E-state index is 6.09. The summed E-state index contributed by atoms with van der Waals surface area (Å²) >= 11 is 7.80. The maximum absolute atomic E-state index is 6.09. The van der Waals surface area contributed by atoms with Gasteiger partial charge in [0.1, 0.15) is 5.76 Å². The van der Waals surface area contributed by atoms with Crippen molar-refractivity contribution in [3.8, 4) is 0 Å². The fourth-order valence-electron chi connectivity index (χ4n) is 1.20. The van der Waals surface area contributed by atoms with Crippen molar-refractivity contribution in [2.45, 2.75) is 6.92 Å². The zero-order chi connectivity index (χ0) is 14.1. The maximum Gasteiger partial charge on any atom is 0.211 e. The van der Waals surface area contributed by atoms with Crippen LogP contribution in [0.2, 0.25) is 5.02 Å². The molecule has 0 bridgehead atoms. The van der Waals surface area contributed by atoms with Crippen molar-refractivity contribution < 1.29 is 4.84 Å². The van der Waals surface area contributed by atoms with Crippen molar-refractivity contribution in [3.05, 3.63) is 40.6 Å². The number of hydrazone groups is 1. The lowest BCUT2D eigenvalue weighted by Gasteiger charge is -2.08. The highest BCUT2D eigenvalue weighted by Gasteiger charge is 2.02. The van der Waals surface area contributed by atoms with E-state index in [9.17, 15) is 0 Å². The van der Waals surface area contributed by atoms with Gasteiger partial charge in [0.15, 0.2) is 0 Å². The number of thioether (sulfide) groups is 1. The number of nitrogens with one attached hydrogen (secondary N) is 1. The fraction of sp³-hybridized carbons (Fsp3) is 0.250. The Hall–Kier alpha value is -1.53. The molecule has 104 valence electrons. The van der Waals surface area contributed by atoms with E-state index in [0.29, 0.717) is 16.5 Å². The molecule has 0 saturated carbocycles.